The third-order valence-corrected chi connectivity index (χ3v) is 6.06. The minimum Gasteiger partial charge on any atom is -0.489 e. The summed E-state index contributed by atoms with van der Waals surface area (Å²) in [5, 5.41) is 6.27. The van der Waals surface area contributed by atoms with Crippen LogP contribution in [0.25, 0.3) is 10.8 Å². The van der Waals surface area contributed by atoms with Gasteiger partial charge in [0.05, 0.1) is 0 Å². The molecule has 0 aromatic heterocycles. The first-order valence-corrected chi connectivity index (χ1v) is 10.9. The van der Waals surface area contributed by atoms with Crippen molar-refractivity contribution in [2.45, 2.75) is 45.9 Å². The number of nitrogens with one attached hydrogen (secondary N) is 1. The second kappa shape index (κ2) is 9.43. The van der Waals surface area contributed by atoms with Gasteiger partial charge in [0.1, 0.15) is 12.4 Å². The lowest BCUT2D eigenvalue weighted by Gasteiger charge is -2.23. The molecule has 1 fully saturated rings. The molecule has 1 aliphatic heterocycles. The highest BCUT2D eigenvalue weighted by Gasteiger charge is 2.22. The van der Waals surface area contributed by atoms with E-state index in [1.165, 1.54) is 46.8 Å². The van der Waals surface area contributed by atoms with Gasteiger partial charge in [0, 0.05) is 24.7 Å². The molecule has 3 heteroatoms. The van der Waals surface area contributed by atoms with Crippen LogP contribution in [0, 0.1) is 6.92 Å². The number of likely N-dealkylation sites (N-methyl/N-ethyl adjacent to an activating group) is 1. The summed E-state index contributed by atoms with van der Waals surface area (Å²) in [5.41, 5.74) is 3.74. The molecule has 29 heavy (non-hydrogen) atoms. The topological polar surface area (TPSA) is 24.5 Å². The van der Waals surface area contributed by atoms with E-state index in [4.69, 9.17) is 4.74 Å². The summed E-state index contributed by atoms with van der Waals surface area (Å²) in [4.78, 5) is 2.59. The van der Waals surface area contributed by atoms with Gasteiger partial charge in [-0.25, -0.2) is 0 Å². The zero-order chi connectivity index (χ0) is 20.1. The van der Waals surface area contributed by atoms with E-state index in [0.29, 0.717) is 12.6 Å². The minimum absolute atomic E-state index is 0.596. The largest absolute Gasteiger partial charge is 0.489 e. The Bertz CT molecular complexity index is 952. The second-order valence-electron chi connectivity index (χ2n) is 8.10. The molecule has 0 aliphatic carbocycles. The Morgan fingerprint density at radius 1 is 1.07 bits per heavy atom. The summed E-state index contributed by atoms with van der Waals surface area (Å²) in [6.45, 7) is 9.23. The van der Waals surface area contributed by atoms with Gasteiger partial charge in [0.2, 0.25) is 0 Å². The molecule has 1 aliphatic rings. The van der Waals surface area contributed by atoms with E-state index in [1.54, 1.807) is 0 Å². The van der Waals surface area contributed by atoms with Crippen LogP contribution in [0.15, 0.2) is 60.7 Å². The Morgan fingerprint density at radius 2 is 1.97 bits per heavy atom. The Labute approximate surface area is 174 Å². The first-order chi connectivity index (χ1) is 14.2. The lowest BCUT2D eigenvalue weighted by atomic mass is 10.0. The predicted molar refractivity (Wildman–Crippen MR) is 121 cm³/mol. The molecule has 0 unspecified atom stereocenters. The van der Waals surface area contributed by atoms with E-state index >= 15 is 0 Å². The van der Waals surface area contributed by atoms with Gasteiger partial charge in [0.15, 0.2) is 0 Å². The van der Waals surface area contributed by atoms with Crippen LogP contribution in [0.2, 0.25) is 0 Å². The van der Waals surface area contributed by atoms with Crippen molar-refractivity contribution in [1.29, 1.82) is 0 Å². The first-order valence-electron chi connectivity index (χ1n) is 10.9. The third kappa shape index (κ3) is 4.80. The SMILES string of the molecule is CCN1CCC[C@H]1CNCc1c(OCc2cccc(C)c2)ccc2ccccc12. The first kappa shape index (κ1) is 19.9. The number of likely N-dealkylation sites (tertiary alicyclic amines) is 1. The Kier molecular flexibility index (Phi) is 6.48. The zero-order valence-electron chi connectivity index (χ0n) is 17.7. The molecule has 1 N–H and O–H groups in total. The molecule has 1 saturated heterocycles. The van der Waals surface area contributed by atoms with Gasteiger partial charge in [-0.15, -0.1) is 0 Å². The van der Waals surface area contributed by atoms with Crippen LogP contribution in [-0.2, 0) is 13.2 Å². The lowest BCUT2D eigenvalue weighted by molar-refractivity contribution is 0.259. The molecule has 1 atom stereocenters. The van der Waals surface area contributed by atoms with Crippen LogP contribution >= 0.6 is 0 Å². The van der Waals surface area contributed by atoms with Crippen molar-refractivity contribution in [3.63, 3.8) is 0 Å². The average Bonchev–Trinajstić information content (AvgIpc) is 3.20. The standard InChI is InChI=1S/C26H32N2O/c1-3-28-15-7-11-23(28)17-27-18-25-24-12-5-4-10-22(24)13-14-26(25)29-19-21-9-6-8-20(2)16-21/h4-6,8-10,12-14,16,23,27H,3,7,11,15,17-19H2,1-2H3/t23-/m0/s1. The molecular weight excluding hydrogens is 356 g/mol. The second-order valence-corrected chi connectivity index (χ2v) is 8.10. The van der Waals surface area contributed by atoms with Crippen molar-refractivity contribution in [2.24, 2.45) is 0 Å². The molecular formula is C26H32N2O. The fraction of sp³-hybridized carbons (Fsp3) is 0.385. The monoisotopic (exact) mass is 388 g/mol. The summed E-state index contributed by atoms with van der Waals surface area (Å²) in [5.74, 6) is 0.983. The number of aryl methyl sites for hydroxylation is 1. The van der Waals surface area contributed by atoms with E-state index in [2.05, 4.69) is 84.7 Å². The number of hydrogen-bond acceptors (Lipinski definition) is 3. The van der Waals surface area contributed by atoms with E-state index in [-0.39, 0.29) is 0 Å². The number of nitrogens with zero attached hydrogens (tertiary/aromatic N) is 1. The molecule has 1 heterocycles. The van der Waals surface area contributed by atoms with Crippen molar-refractivity contribution in [3.05, 3.63) is 77.4 Å². The number of rotatable bonds is 8. The Morgan fingerprint density at radius 3 is 2.83 bits per heavy atom. The van der Waals surface area contributed by atoms with E-state index in [9.17, 15) is 0 Å². The van der Waals surface area contributed by atoms with Gasteiger partial charge < -0.3 is 10.1 Å². The number of fused-ring (bicyclic) bond motifs is 1. The van der Waals surface area contributed by atoms with E-state index in [0.717, 1.165) is 25.4 Å². The lowest BCUT2D eigenvalue weighted by Crippen LogP contribution is -2.37. The normalized spacial score (nSPS) is 17.1. The minimum atomic E-state index is 0.596. The molecule has 0 bridgehead atoms. The van der Waals surface area contributed by atoms with Crippen LogP contribution in [0.3, 0.4) is 0 Å². The highest BCUT2D eigenvalue weighted by atomic mass is 16.5. The fourth-order valence-corrected chi connectivity index (χ4v) is 4.50. The highest BCUT2D eigenvalue weighted by Crippen LogP contribution is 2.29. The van der Waals surface area contributed by atoms with E-state index in [1.807, 2.05) is 0 Å². The molecule has 3 aromatic carbocycles. The van der Waals surface area contributed by atoms with Crippen molar-refractivity contribution in [1.82, 2.24) is 10.2 Å². The molecule has 0 radical (unpaired) electrons. The van der Waals surface area contributed by atoms with Gasteiger partial charge >= 0.3 is 0 Å². The maximum absolute atomic E-state index is 6.30. The van der Waals surface area contributed by atoms with Crippen molar-refractivity contribution in [3.8, 4) is 5.75 Å². The number of hydrogen-bond donors (Lipinski definition) is 1. The summed E-state index contributed by atoms with van der Waals surface area (Å²) in [6, 6.07) is 22.1. The summed E-state index contributed by atoms with van der Waals surface area (Å²) in [6.07, 6.45) is 2.62. The molecule has 152 valence electrons. The van der Waals surface area contributed by atoms with Crippen molar-refractivity contribution < 1.29 is 4.74 Å². The molecule has 3 aromatic rings. The Hall–Kier alpha value is -2.36. The fourth-order valence-electron chi connectivity index (χ4n) is 4.50. The quantitative estimate of drug-likeness (QED) is 0.567. The van der Waals surface area contributed by atoms with Crippen molar-refractivity contribution >= 4 is 10.8 Å². The zero-order valence-corrected chi connectivity index (χ0v) is 17.7. The van der Waals surface area contributed by atoms with Gasteiger partial charge in [-0.2, -0.15) is 0 Å². The summed E-state index contributed by atoms with van der Waals surface area (Å²) < 4.78 is 6.30. The van der Waals surface area contributed by atoms with Gasteiger partial charge in [-0.3, -0.25) is 4.90 Å². The smallest absolute Gasteiger partial charge is 0.124 e. The van der Waals surface area contributed by atoms with Crippen molar-refractivity contribution in [2.75, 3.05) is 19.6 Å². The van der Waals surface area contributed by atoms with Crippen LogP contribution in [-0.4, -0.2) is 30.6 Å². The van der Waals surface area contributed by atoms with Crippen LogP contribution in [0.4, 0.5) is 0 Å². The van der Waals surface area contributed by atoms with Gasteiger partial charge in [-0.1, -0.05) is 67.1 Å². The molecule has 4 rings (SSSR count). The van der Waals surface area contributed by atoms with E-state index < -0.39 is 0 Å². The average molecular weight is 389 g/mol. The molecule has 3 nitrogen and oxygen atoms in total. The maximum Gasteiger partial charge on any atom is 0.124 e. The highest BCUT2D eigenvalue weighted by molar-refractivity contribution is 5.87. The van der Waals surface area contributed by atoms with Gasteiger partial charge in [0.25, 0.3) is 0 Å². The van der Waals surface area contributed by atoms with Crippen LogP contribution < -0.4 is 10.1 Å². The summed E-state index contributed by atoms with van der Waals surface area (Å²) >= 11 is 0. The molecule has 0 spiro atoms. The Balaban J connectivity index is 1.51. The predicted octanol–water partition coefficient (Wildman–Crippen LogP) is 5.30. The van der Waals surface area contributed by atoms with Gasteiger partial charge in [-0.05, 0) is 55.3 Å². The third-order valence-electron chi connectivity index (χ3n) is 6.06. The molecule has 0 saturated carbocycles. The molecule has 0 amide bonds. The number of ether oxygens (including phenoxy) is 1. The maximum atomic E-state index is 6.30. The number of benzene rings is 3. The van der Waals surface area contributed by atoms with Crippen LogP contribution in [0.5, 0.6) is 5.75 Å². The van der Waals surface area contributed by atoms with Crippen LogP contribution in [0.1, 0.15) is 36.5 Å². The summed E-state index contributed by atoms with van der Waals surface area (Å²) in [7, 11) is 0.